The first-order valence-corrected chi connectivity index (χ1v) is 3.62. The number of hydrogen-bond donors (Lipinski definition) is 2. The number of carboxylic acids is 1. The van der Waals surface area contributed by atoms with Crippen LogP contribution in [0.4, 0.5) is 0 Å². The van der Waals surface area contributed by atoms with Gasteiger partial charge in [-0.05, 0) is 13.3 Å². The highest BCUT2D eigenvalue weighted by Crippen LogP contribution is 1.93. The summed E-state index contributed by atoms with van der Waals surface area (Å²) in [5.74, 6) is -0.789. The van der Waals surface area contributed by atoms with Crippen LogP contribution in [-0.2, 0) is 4.79 Å². The minimum Gasteiger partial charge on any atom is -0.480 e. The molecule has 0 saturated carbocycles. The van der Waals surface area contributed by atoms with Crippen LogP contribution in [0, 0.1) is 0 Å². The molecule has 0 aliphatic heterocycles. The van der Waals surface area contributed by atoms with Crippen LogP contribution in [0.5, 0.6) is 0 Å². The van der Waals surface area contributed by atoms with Gasteiger partial charge < -0.3 is 10.4 Å². The van der Waals surface area contributed by atoms with Crippen molar-refractivity contribution in [3.63, 3.8) is 0 Å². The van der Waals surface area contributed by atoms with Gasteiger partial charge in [0.25, 0.3) is 0 Å². The van der Waals surface area contributed by atoms with E-state index in [2.05, 4.69) is 12.2 Å². The SMILES string of the molecule is CCC[C@H](C)NCC(=O)O. The van der Waals surface area contributed by atoms with E-state index in [9.17, 15) is 4.79 Å². The maximum atomic E-state index is 10.0. The Hall–Kier alpha value is -0.570. The maximum absolute atomic E-state index is 10.0. The van der Waals surface area contributed by atoms with E-state index in [1.165, 1.54) is 0 Å². The quantitative estimate of drug-likeness (QED) is 0.603. The van der Waals surface area contributed by atoms with Crippen LogP contribution in [0.3, 0.4) is 0 Å². The highest BCUT2D eigenvalue weighted by Gasteiger charge is 2.00. The van der Waals surface area contributed by atoms with E-state index < -0.39 is 5.97 Å². The van der Waals surface area contributed by atoms with Gasteiger partial charge in [0.1, 0.15) is 0 Å². The summed E-state index contributed by atoms with van der Waals surface area (Å²) in [5.41, 5.74) is 0. The summed E-state index contributed by atoms with van der Waals surface area (Å²) in [4.78, 5) is 10.0. The molecule has 0 aromatic rings. The zero-order valence-corrected chi connectivity index (χ0v) is 6.55. The third-order valence-electron chi connectivity index (χ3n) is 1.32. The molecule has 60 valence electrons. The minimum absolute atomic E-state index is 0.0706. The second-order valence-corrected chi connectivity index (χ2v) is 2.46. The summed E-state index contributed by atoms with van der Waals surface area (Å²) in [6, 6.07) is 0.320. The van der Waals surface area contributed by atoms with E-state index in [1.807, 2.05) is 6.92 Å². The lowest BCUT2D eigenvalue weighted by Crippen LogP contribution is -2.30. The van der Waals surface area contributed by atoms with Crippen molar-refractivity contribution in [3.05, 3.63) is 0 Å². The molecule has 0 rings (SSSR count). The monoisotopic (exact) mass is 145 g/mol. The van der Waals surface area contributed by atoms with Gasteiger partial charge in [-0.15, -0.1) is 0 Å². The van der Waals surface area contributed by atoms with Gasteiger partial charge in [0.15, 0.2) is 0 Å². The van der Waals surface area contributed by atoms with E-state index in [0.29, 0.717) is 6.04 Å². The number of carbonyl (C=O) groups is 1. The lowest BCUT2D eigenvalue weighted by molar-refractivity contribution is -0.136. The average molecular weight is 145 g/mol. The van der Waals surface area contributed by atoms with E-state index in [-0.39, 0.29) is 6.54 Å². The van der Waals surface area contributed by atoms with Gasteiger partial charge in [-0.25, -0.2) is 0 Å². The van der Waals surface area contributed by atoms with Crippen LogP contribution >= 0.6 is 0 Å². The number of nitrogens with one attached hydrogen (secondary N) is 1. The molecule has 1 atom stereocenters. The minimum atomic E-state index is -0.789. The van der Waals surface area contributed by atoms with Crippen molar-refractivity contribution in [2.45, 2.75) is 32.7 Å². The van der Waals surface area contributed by atoms with Crippen LogP contribution < -0.4 is 5.32 Å². The summed E-state index contributed by atoms with van der Waals surface area (Å²) >= 11 is 0. The Morgan fingerprint density at radius 2 is 2.30 bits per heavy atom. The topological polar surface area (TPSA) is 49.3 Å². The van der Waals surface area contributed by atoms with Crippen molar-refractivity contribution < 1.29 is 9.90 Å². The molecule has 0 aromatic heterocycles. The summed E-state index contributed by atoms with van der Waals surface area (Å²) < 4.78 is 0. The highest BCUT2D eigenvalue weighted by molar-refractivity contribution is 5.69. The van der Waals surface area contributed by atoms with Crippen molar-refractivity contribution in [1.82, 2.24) is 5.32 Å². The molecule has 0 amide bonds. The van der Waals surface area contributed by atoms with Crippen molar-refractivity contribution in [1.29, 1.82) is 0 Å². The summed E-state index contributed by atoms with van der Waals surface area (Å²) in [7, 11) is 0. The number of rotatable bonds is 5. The Bertz CT molecular complexity index is 104. The van der Waals surface area contributed by atoms with Gasteiger partial charge in [0.05, 0.1) is 6.54 Å². The first-order valence-electron chi connectivity index (χ1n) is 3.62. The maximum Gasteiger partial charge on any atom is 0.317 e. The summed E-state index contributed by atoms with van der Waals surface area (Å²) in [6.07, 6.45) is 2.13. The Balaban J connectivity index is 3.21. The predicted octanol–water partition coefficient (Wildman–Crippen LogP) is 0.849. The summed E-state index contributed by atoms with van der Waals surface area (Å²) in [6.45, 7) is 4.15. The molecule has 0 unspecified atom stereocenters. The number of hydrogen-bond acceptors (Lipinski definition) is 2. The van der Waals surface area contributed by atoms with Crippen LogP contribution in [-0.4, -0.2) is 23.7 Å². The van der Waals surface area contributed by atoms with Gasteiger partial charge >= 0.3 is 5.97 Å². The second-order valence-electron chi connectivity index (χ2n) is 2.46. The largest absolute Gasteiger partial charge is 0.480 e. The molecule has 10 heavy (non-hydrogen) atoms. The molecule has 0 heterocycles. The predicted molar refractivity (Wildman–Crippen MR) is 40.0 cm³/mol. The third-order valence-corrected chi connectivity index (χ3v) is 1.32. The molecule has 0 aliphatic carbocycles. The van der Waals surface area contributed by atoms with E-state index in [0.717, 1.165) is 12.8 Å². The molecule has 0 bridgehead atoms. The first kappa shape index (κ1) is 9.43. The molecule has 3 heteroatoms. The van der Waals surface area contributed by atoms with Crippen molar-refractivity contribution >= 4 is 5.97 Å². The zero-order chi connectivity index (χ0) is 7.98. The lowest BCUT2D eigenvalue weighted by Gasteiger charge is -2.09. The molecule has 2 N–H and O–H groups in total. The third kappa shape index (κ3) is 5.56. The van der Waals surface area contributed by atoms with Gasteiger partial charge in [0.2, 0.25) is 0 Å². The smallest absolute Gasteiger partial charge is 0.317 e. The van der Waals surface area contributed by atoms with Gasteiger partial charge in [-0.1, -0.05) is 13.3 Å². The molecule has 0 spiro atoms. The van der Waals surface area contributed by atoms with Crippen molar-refractivity contribution in [2.24, 2.45) is 0 Å². The molecular formula is C7H15NO2. The van der Waals surface area contributed by atoms with E-state index in [4.69, 9.17) is 5.11 Å². The van der Waals surface area contributed by atoms with E-state index >= 15 is 0 Å². The molecule has 0 aliphatic rings. The highest BCUT2D eigenvalue weighted by atomic mass is 16.4. The second kappa shape index (κ2) is 5.23. The van der Waals surface area contributed by atoms with Crippen LogP contribution in [0.15, 0.2) is 0 Å². The van der Waals surface area contributed by atoms with Crippen molar-refractivity contribution in [3.8, 4) is 0 Å². The van der Waals surface area contributed by atoms with E-state index in [1.54, 1.807) is 0 Å². The van der Waals surface area contributed by atoms with Gasteiger partial charge in [0, 0.05) is 6.04 Å². The first-order chi connectivity index (χ1) is 4.66. The Morgan fingerprint density at radius 1 is 1.70 bits per heavy atom. The van der Waals surface area contributed by atoms with Crippen LogP contribution in [0.2, 0.25) is 0 Å². The normalized spacial score (nSPS) is 13.0. The van der Waals surface area contributed by atoms with Crippen LogP contribution in [0.1, 0.15) is 26.7 Å². The molecule has 3 nitrogen and oxygen atoms in total. The van der Waals surface area contributed by atoms with Gasteiger partial charge in [-0.3, -0.25) is 4.79 Å². The molecule has 0 aromatic carbocycles. The number of carboxylic acid groups (broad SMARTS) is 1. The Kier molecular flexibility index (Phi) is 4.94. The fourth-order valence-corrected chi connectivity index (χ4v) is 0.797. The fraction of sp³-hybridized carbons (Fsp3) is 0.857. The Labute approximate surface area is 61.4 Å². The fourth-order valence-electron chi connectivity index (χ4n) is 0.797. The average Bonchev–Trinajstić information content (AvgIpc) is 1.85. The Morgan fingerprint density at radius 3 is 2.70 bits per heavy atom. The molecule has 0 saturated heterocycles. The van der Waals surface area contributed by atoms with Crippen molar-refractivity contribution in [2.75, 3.05) is 6.54 Å². The van der Waals surface area contributed by atoms with Gasteiger partial charge in [-0.2, -0.15) is 0 Å². The molecular weight excluding hydrogens is 130 g/mol. The lowest BCUT2D eigenvalue weighted by atomic mass is 10.2. The zero-order valence-electron chi connectivity index (χ0n) is 6.55. The number of aliphatic carboxylic acids is 1. The van der Waals surface area contributed by atoms with Crippen LogP contribution in [0.25, 0.3) is 0 Å². The molecule has 0 fully saturated rings. The molecule has 0 radical (unpaired) electrons. The summed E-state index contributed by atoms with van der Waals surface area (Å²) in [5, 5.41) is 11.2. The standard InChI is InChI=1S/C7H15NO2/c1-3-4-6(2)8-5-7(9)10/h6,8H,3-5H2,1-2H3,(H,9,10)/t6-/m0/s1.